The van der Waals surface area contributed by atoms with Crippen LogP contribution < -0.4 is 31.3 Å². The zero-order chi connectivity index (χ0) is 64.3. The summed E-state index contributed by atoms with van der Waals surface area (Å²) >= 11 is 37.9. The van der Waals surface area contributed by atoms with E-state index < -0.39 is 127 Å². The molecule has 2 aliphatic heterocycles. The summed E-state index contributed by atoms with van der Waals surface area (Å²) in [5.41, 5.74) is 0.456. The van der Waals surface area contributed by atoms with Gasteiger partial charge in [-0.3, -0.25) is 33.6 Å². The van der Waals surface area contributed by atoms with Crippen LogP contribution in [0.4, 0.5) is 0 Å². The van der Waals surface area contributed by atoms with E-state index in [2.05, 4.69) is 31.6 Å². The molecule has 6 atom stereocenters. The lowest BCUT2D eigenvalue weighted by Gasteiger charge is -2.33. The average molecular weight is 1330 g/mol. The monoisotopic (exact) mass is 1330 g/mol. The van der Waals surface area contributed by atoms with Gasteiger partial charge in [0.05, 0.1) is 30.1 Å². The maximum atomic E-state index is 15.5. The molecule has 6 amide bonds. The van der Waals surface area contributed by atoms with Gasteiger partial charge in [-0.25, -0.2) is 4.79 Å². The predicted octanol–water partition coefficient (Wildman–Crippen LogP) is 9.22. The fourth-order valence-corrected chi connectivity index (χ4v) is 11.2. The molecule has 0 aliphatic carbocycles. The largest absolute Gasteiger partial charge is 0.508 e. The molecular formula is C61H47Cl6N7O15. The van der Waals surface area contributed by atoms with Crippen molar-refractivity contribution in [3.63, 3.8) is 0 Å². The lowest BCUT2D eigenvalue weighted by molar-refractivity contribution is -0.145. The Morgan fingerprint density at radius 2 is 1.25 bits per heavy atom. The summed E-state index contributed by atoms with van der Waals surface area (Å²) in [6.07, 6.45) is 0.857. The molecule has 3 heterocycles. The Balaban J connectivity index is 1.13. The third-order valence-corrected chi connectivity index (χ3v) is 16.1. The van der Waals surface area contributed by atoms with E-state index in [4.69, 9.17) is 74.3 Å². The number of halogens is 6. The minimum Gasteiger partial charge on any atom is -0.508 e. The Morgan fingerprint density at radius 1 is 0.652 bits per heavy atom. The molecule has 8 aromatic rings. The van der Waals surface area contributed by atoms with Gasteiger partial charge in [-0.2, -0.15) is 0 Å². The molecule has 10 rings (SSSR count). The number of fused-ring (bicyclic) bond motifs is 10. The number of amides is 6. The number of H-pyrrole nitrogens is 1. The normalized spacial score (nSPS) is 16.1. The van der Waals surface area contributed by atoms with Crippen molar-refractivity contribution < 1.29 is 73.7 Å². The van der Waals surface area contributed by atoms with Crippen LogP contribution in [0, 0.1) is 0 Å². The number of rotatable bonds is 15. The summed E-state index contributed by atoms with van der Waals surface area (Å²) in [6, 6.07) is 16.3. The second-order valence-electron chi connectivity index (χ2n) is 20.2. The summed E-state index contributed by atoms with van der Waals surface area (Å²) < 4.78 is 6.10. The second-order valence-corrected chi connectivity index (χ2v) is 22.7. The van der Waals surface area contributed by atoms with Gasteiger partial charge in [-0.15, -0.1) is 0 Å². The van der Waals surface area contributed by atoms with Crippen molar-refractivity contribution in [2.45, 2.75) is 49.1 Å². The van der Waals surface area contributed by atoms with Crippen molar-refractivity contribution in [2.24, 2.45) is 0 Å². The van der Waals surface area contributed by atoms with Crippen LogP contribution in [0.1, 0.15) is 67.9 Å². The molecule has 12 N–H and O–H groups in total. The van der Waals surface area contributed by atoms with Crippen molar-refractivity contribution in [2.75, 3.05) is 7.05 Å². The van der Waals surface area contributed by atoms with E-state index in [9.17, 15) is 49.8 Å². The number of aromatic nitrogens is 1. The first kappa shape index (κ1) is 64.1. The number of Topliss-reactive ketones (excluding diaryl/α,β-unsaturated/α-hetero) is 1. The van der Waals surface area contributed by atoms with Crippen molar-refractivity contribution in [3.05, 3.63) is 203 Å². The van der Waals surface area contributed by atoms with Gasteiger partial charge < -0.3 is 71.8 Å². The van der Waals surface area contributed by atoms with Crippen LogP contribution in [-0.4, -0.2) is 107 Å². The quantitative estimate of drug-likeness (QED) is 0.0336. The van der Waals surface area contributed by atoms with Crippen molar-refractivity contribution in [1.82, 2.24) is 36.5 Å². The van der Waals surface area contributed by atoms with Crippen LogP contribution in [0.3, 0.4) is 0 Å². The minimum atomic E-state index is -2.03. The average Bonchev–Trinajstić information content (AvgIpc) is 2.25. The third-order valence-electron chi connectivity index (χ3n) is 14.4. The molecule has 28 heteroatoms. The van der Waals surface area contributed by atoms with Gasteiger partial charge in [0, 0.05) is 42.6 Å². The highest BCUT2D eigenvalue weighted by molar-refractivity contribution is 6.45. The first-order valence-corrected chi connectivity index (χ1v) is 28.6. The van der Waals surface area contributed by atoms with Crippen molar-refractivity contribution >= 4 is 128 Å². The number of nitrogens with one attached hydrogen (secondary N) is 6. The Morgan fingerprint density at radius 3 is 1.87 bits per heavy atom. The molecule has 0 saturated carbocycles. The van der Waals surface area contributed by atoms with E-state index in [1.165, 1.54) is 67.7 Å². The van der Waals surface area contributed by atoms with E-state index in [1.54, 1.807) is 30.5 Å². The summed E-state index contributed by atoms with van der Waals surface area (Å²) in [4.78, 5) is 120. The van der Waals surface area contributed by atoms with Crippen LogP contribution in [0.5, 0.6) is 40.2 Å². The smallest absolute Gasteiger partial charge is 0.330 e. The number of hydrogen-bond acceptors (Lipinski definition) is 14. The molecule has 0 spiro atoms. The van der Waals surface area contributed by atoms with E-state index >= 15 is 19.2 Å². The van der Waals surface area contributed by atoms with E-state index in [1.807, 2.05) is 0 Å². The second kappa shape index (κ2) is 26.9. The number of phenolic OH excluding ortho intramolecular Hbond substituents is 5. The van der Waals surface area contributed by atoms with Crippen molar-refractivity contribution in [1.29, 1.82) is 0 Å². The molecule has 0 fully saturated rings. The molecule has 2 aliphatic rings. The van der Waals surface area contributed by atoms with E-state index in [0.717, 1.165) is 47.4 Å². The molecular weight excluding hydrogens is 1280 g/mol. The zero-order valence-corrected chi connectivity index (χ0v) is 50.2. The number of carbonyl (C=O) groups is 8. The Bertz CT molecular complexity index is 4100. The van der Waals surface area contributed by atoms with Crippen LogP contribution in [0.2, 0.25) is 30.1 Å². The number of nitrogens with zero attached hydrogens (tertiary/aromatic N) is 1. The molecule has 89 heavy (non-hydrogen) atoms. The van der Waals surface area contributed by atoms with Gasteiger partial charge in [-0.1, -0.05) is 118 Å². The maximum Gasteiger partial charge on any atom is 0.330 e. The fraction of sp³-hybridized carbons (Fsp3) is 0.148. The van der Waals surface area contributed by atoms with Crippen LogP contribution in [0.25, 0.3) is 10.9 Å². The molecule has 22 nitrogen and oxygen atoms in total. The third kappa shape index (κ3) is 14.3. The Labute approximate surface area is 533 Å². The standard InChI is InChI=1S/C61H47Cl6N7O15/c1-74-44(56(82)73-50(61(87)88)27-8-11-33(75)12-9-27)16-26-6-13-34(14-7-26)89-46-24-28(10-15-45(46)76)47(57(83)72-49(60(74)86)30-19-38(64)53(79)39(65)20-30)71-58(84)48(29-17-36(62)52(78)37(63)18-29)70-55(81)43(23-32-25-68-42-5-3-2-4-35(32)42)69-59(85)51(77)31-21-40(66)54(80)41(67)22-31/h2-15,17-22,24-25,43-44,47-50,68,75-76,78-80H,16,23H2,1H3,(H,69,85)(H,70,81)(H,71,84)(H,72,83)(H,73,82)(H,87,88). The first-order valence-electron chi connectivity index (χ1n) is 26.3. The first-order chi connectivity index (χ1) is 42.3. The highest BCUT2D eigenvalue weighted by atomic mass is 35.5. The number of carboxylic acids is 1. The molecule has 0 radical (unpaired) electrons. The van der Waals surface area contributed by atoms with Gasteiger partial charge in [0.1, 0.15) is 41.7 Å². The summed E-state index contributed by atoms with van der Waals surface area (Å²) in [7, 11) is 1.18. The van der Waals surface area contributed by atoms with Crippen LogP contribution in [-0.2, 0) is 46.4 Å². The molecule has 4 bridgehead atoms. The Kier molecular flexibility index (Phi) is 19.4. The van der Waals surface area contributed by atoms with Crippen LogP contribution in [0.15, 0.2) is 134 Å². The van der Waals surface area contributed by atoms with Crippen LogP contribution >= 0.6 is 69.6 Å². The number of para-hydroxylation sites is 1. The SMILES string of the molecule is CN1C(=O)C(c2cc(Cl)c(O)c(Cl)c2)NC(=O)C(NC(=O)C(NC(=O)C(Cc2c[nH]c3ccccc23)NC(=O)C(=O)c2cc(Cl)c(O)c(Cl)c2)c2cc(Cl)c(O)c(Cl)c2)c2ccc(O)c(c2)Oc2ccc(cc2)CC1C(=O)NC(C(=O)O)c1ccc(O)cc1. The van der Waals surface area contributed by atoms with Crippen molar-refractivity contribution in [3.8, 4) is 40.2 Å². The summed E-state index contributed by atoms with van der Waals surface area (Å²) in [5, 5.41) is 73.7. The van der Waals surface area contributed by atoms with Gasteiger partial charge in [-0.05, 0) is 112 Å². The number of hydrogen-bond donors (Lipinski definition) is 12. The number of aromatic hydroxyl groups is 5. The highest BCUT2D eigenvalue weighted by Gasteiger charge is 2.40. The number of phenols is 5. The number of carboxylic acid groups (broad SMARTS) is 1. The number of carbonyl (C=O) groups excluding carboxylic acids is 7. The summed E-state index contributed by atoms with van der Waals surface area (Å²) in [5.74, 6) is -12.7. The highest BCUT2D eigenvalue weighted by Crippen LogP contribution is 2.40. The van der Waals surface area contributed by atoms with Gasteiger partial charge >= 0.3 is 5.97 Å². The summed E-state index contributed by atoms with van der Waals surface area (Å²) in [6.45, 7) is 0. The molecule has 0 saturated heterocycles. The topological polar surface area (TPSA) is 346 Å². The molecule has 6 unspecified atom stereocenters. The van der Waals surface area contributed by atoms with E-state index in [0.29, 0.717) is 22.0 Å². The lowest BCUT2D eigenvalue weighted by Crippen LogP contribution is -2.54. The number of benzene rings is 7. The minimum absolute atomic E-state index is 0.0384. The maximum absolute atomic E-state index is 15.5. The van der Waals surface area contributed by atoms with Gasteiger partial charge in [0.15, 0.2) is 34.8 Å². The lowest BCUT2D eigenvalue weighted by atomic mass is 9.98. The number of aromatic amines is 1. The number of ether oxygens (including phenoxy) is 1. The van der Waals surface area contributed by atoms with Gasteiger partial charge in [0.2, 0.25) is 35.3 Å². The number of ketones is 1. The molecule has 7 aromatic carbocycles. The predicted molar refractivity (Wildman–Crippen MR) is 327 cm³/mol. The van der Waals surface area contributed by atoms with E-state index in [-0.39, 0.29) is 68.0 Å². The molecule has 1 aromatic heterocycles. The number of likely N-dealkylation sites (N-methyl/N-ethyl adjacent to an activating group) is 1. The number of aliphatic carboxylic acids is 1. The molecule has 458 valence electrons. The fourth-order valence-electron chi connectivity index (χ4n) is 9.66. The zero-order valence-electron chi connectivity index (χ0n) is 45.7. The van der Waals surface area contributed by atoms with Gasteiger partial charge in [0.25, 0.3) is 5.91 Å². The Hall–Kier alpha value is -9.42.